The van der Waals surface area contributed by atoms with Crippen molar-refractivity contribution < 1.29 is 24.0 Å². The third-order valence-corrected chi connectivity index (χ3v) is 6.87. The summed E-state index contributed by atoms with van der Waals surface area (Å²) >= 11 is 0. The average molecular weight is 546 g/mol. The van der Waals surface area contributed by atoms with Crippen LogP contribution in [-0.4, -0.2) is 50.1 Å². The van der Waals surface area contributed by atoms with Crippen LogP contribution in [0.25, 0.3) is 16.7 Å². The van der Waals surface area contributed by atoms with Crippen LogP contribution < -0.4 is 11.0 Å². The van der Waals surface area contributed by atoms with Gasteiger partial charge in [-0.05, 0) is 57.4 Å². The molecular weight excluding hydrogens is 518 g/mol. The number of esters is 1. The third-order valence-electron chi connectivity index (χ3n) is 6.87. The topological polar surface area (TPSA) is 147 Å². The number of amides is 1. The van der Waals surface area contributed by atoms with Crippen molar-refractivity contribution in [3.63, 3.8) is 0 Å². The number of ether oxygens (including phenoxy) is 2. The lowest BCUT2D eigenvalue weighted by molar-refractivity contribution is -0.385. The van der Waals surface area contributed by atoms with Crippen molar-refractivity contribution in [3.05, 3.63) is 90.8 Å². The van der Waals surface area contributed by atoms with Crippen molar-refractivity contribution in [2.75, 3.05) is 13.2 Å². The van der Waals surface area contributed by atoms with Crippen LogP contribution in [0, 0.1) is 24.0 Å². The van der Waals surface area contributed by atoms with Gasteiger partial charge in [0.15, 0.2) is 5.49 Å². The number of hydrogen-bond donors (Lipinski definition) is 0. The van der Waals surface area contributed by atoms with E-state index < -0.39 is 22.4 Å². The number of carbonyl (C=O) groups excluding carboxylic acids is 2. The Morgan fingerprint density at radius 1 is 1.20 bits per heavy atom. The van der Waals surface area contributed by atoms with Crippen LogP contribution in [-0.2, 0) is 16.0 Å². The first-order valence-electron chi connectivity index (χ1n) is 12.9. The highest BCUT2D eigenvalue weighted by Crippen LogP contribution is 2.21. The van der Waals surface area contributed by atoms with Crippen molar-refractivity contribution in [2.24, 2.45) is 4.99 Å². The van der Waals surface area contributed by atoms with Gasteiger partial charge in [-0.1, -0.05) is 12.1 Å². The Kier molecular flexibility index (Phi) is 7.26. The smallest absolute Gasteiger partial charge is 0.341 e. The fourth-order valence-corrected chi connectivity index (χ4v) is 4.83. The number of aromatic nitrogens is 3. The standard InChI is InChI=1S/C28H27N5O7/c1-4-39-28(36)21-14-20-24(29-23-17(3)7-5-11-31(23)27(20)35)32(15-19-8-6-12-40-19)25(21)30-26(34)18-10-9-16(2)22(13-18)33(37)38/h5,7,9-11,13-14,19H,4,6,8,12,15H2,1-3H3/t19-/m0/s1. The molecule has 1 aromatic carbocycles. The first-order chi connectivity index (χ1) is 19.2. The van der Waals surface area contributed by atoms with Gasteiger partial charge in [0.25, 0.3) is 17.2 Å². The van der Waals surface area contributed by atoms with E-state index in [1.165, 1.54) is 22.6 Å². The maximum atomic E-state index is 13.6. The van der Waals surface area contributed by atoms with Crippen LogP contribution in [0.2, 0.25) is 0 Å². The Labute approximate surface area is 227 Å². The molecule has 206 valence electrons. The van der Waals surface area contributed by atoms with Gasteiger partial charge in [0, 0.05) is 30.0 Å². The molecule has 40 heavy (non-hydrogen) atoms. The van der Waals surface area contributed by atoms with Gasteiger partial charge in [0.2, 0.25) is 0 Å². The molecule has 1 aliphatic heterocycles. The zero-order valence-corrected chi connectivity index (χ0v) is 22.2. The predicted molar refractivity (Wildman–Crippen MR) is 144 cm³/mol. The summed E-state index contributed by atoms with van der Waals surface area (Å²) in [5.41, 5.74) is 0.949. The lowest BCUT2D eigenvalue weighted by Gasteiger charge is -2.18. The Bertz CT molecular complexity index is 1820. The largest absolute Gasteiger partial charge is 0.462 e. The third kappa shape index (κ3) is 4.89. The molecule has 1 saturated heterocycles. The molecule has 4 heterocycles. The van der Waals surface area contributed by atoms with Gasteiger partial charge in [-0.25, -0.2) is 9.78 Å². The molecule has 3 aromatic heterocycles. The second-order valence-corrected chi connectivity index (χ2v) is 9.56. The van der Waals surface area contributed by atoms with Crippen LogP contribution in [0.15, 0.2) is 52.4 Å². The lowest BCUT2D eigenvalue weighted by atomic mass is 10.1. The average Bonchev–Trinajstić information content (AvgIpc) is 3.44. The Morgan fingerprint density at radius 3 is 2.70 bits per heavy atom. The number of rotatable bonds is 6. The lowest BCUT2D eigenvalue weighted by Crippen LogP contribution is -2.35. The van der Waals surface area contributed by atoms with Crippen LogP contribution in [0.5, 0.6) is 0 Å². The van der Waals surface area contributed by atoms with Gasteiger partial charge >= 0.3 is 5.97 Å². The highest BCUT2D eigenvalue weighted by Gasteiger charge is 2.24. The van der Waals surface area contributed by atoms with Crippen molar-refractivity contribution in [3.8, 4) is 0 Å². The molecule has 12 heteroatoms. The summed E-state index contributed by atoms with van der Waals surface area (Å²) in [7, 11) is 0. The quantitative estimate of drug-likeness (QED) is 0.155. The van der Waals surface area contributed by atoms with E-state index in [-0.39, 0.29) is 52.6 Å². The van der Waals surface area contributed by atoms with Gasteiger partial charge < -0.3 is 14.0 Å². The Balaban J connectivity index is 1.86. The van der Waals surface area contributed by atoms with Gasteiger partial charge in [0.1, 0.15) is 16.9 Å². The summed E-state index contributed by atoms with van der Waals surface area (Å²) in [5.74, 6) is -1.58. The SMILES string of the molecule is CCOC(=O)c1cc2c(=O)n3cccc(C)c3nc2n(C[C@@H]2CCCO2)c1=NC(=O)c1ccc(C)c([N+](=O)[O-])c1. The molecule has 4 aromatic rings. The van der Waals surface area contributed by atoms with Crippen molar-refractivity contribution in [2.45, 2.75) is 46.3 Å². The zero-order chi connectivity index (χ0) is 28.6. The van der Waals surface area contributed by atoms with E-state index >= 15 is 0 Å². The second-order valence-electron chi connectivity index (χ2n) is 9.56. The number of nitrogens with zero attached hydrogens (tertiary/aromatic N) is 5. The first-order valence-corrected chi connectivity index (χ1v) is 12.9. The van der Waals surface area contributed by atoms with Crippen LogP contribution in [0.1, 0.15) is 51.6 Å². The van der Waals surface area contributed by atoms with Crippen molar-refractivity contribution >= 4 is 34.2 Å². The molecule has 0 spiro atoms. The Hall–Kier alpha value is -4.71. The number of fused-ring (bicyclic) bond motifs is 2. The number of nitro groups is 1. The van der Waals surface area contributed by atoms with E-state index in [1.54, 1.807) is 30.7 Å². The van der Waals surface area contributed by atoms with Gasteiger partial charge in [-0.15, -0.1) is 0 Å². The molecule has 12 nitrogen and oxygen atoms in total. The number of benzene rings is 1. The van der Waals surface area contributed by atoms with Gasteiger partial charge in [-0.2, -0.15) is 4.99 Å². The second kappa shape index (κ2) is 10.8. The first kappa shape index (κ1) is 26.9. The maximum Gasteiger partial charge on any atom is 0.341 e. The minimum Gasteiger partial charge on any atom is -0.462 e. The summed E-state index contributed by atoms with van der Waals surface area (Å²) < 4.78 is 14.1. The summed E-state index contributed by atoms with van der Waals surface area (Å²) in [5, 5.41) is 11.6. The molecule has 1 atom stereocenters. The monoisotopic (exact) mass is 545 g/mol. The highest BCUT2D eigenvalue weighted by molar-refractivity contribution is 5.97. The van der Waals surface area contributed by atoms with Crippen LogP contribution in [0.3, 0.4) is 0 Å². The predicted octanol–water partition coefficient (Wildman–Crippen LogP) is 3.27. The molecule has 0 N–H and O–H groups in total. The number of carbonyl (C=O) groups is 2. The molecule has 1 amide bonds. The van der Waals surface area contributed by atoms with Gasteiger partial charge in [0.05, 0.1) is 29.6 Å². The molecule has 0 saturated carbocycles. The molecule has 0 radical (unpaired) electrons. The van der Waals surface area contributed by atoms with Crippen molar-refractivity contribution in [1.82, 2.24) is 14.0 Å². The van der Waals surface area contributed by atoms with E-state index in [2.05, 4.69) is 4.99 Å². The molecule has 1 fully saturated rings. The maximum absolute atomic E-state index is 13.6. The normalized spacial score (nSPS) is 15.6. The summed E-state index contributed by atoms with van der Waals surface area (Å²) in [6.07, 6.45) is 2.88. The zero-order valence-electron chi connectivity index (χ0n) is 22.2. The highest BCUT2D eigenvalue weighted by atomic mass is 16.6. The number of pyridine rings is 2. The van der Waals surface area contributed by atoms with E-state index in [0.29, 0.717) is 17.8 Å². The van der Waals surface area contributed by atoms with E-state index in [4.69, 9.17) is 14.5 Å². The molecular formula is C28H27N5O7. The Morgan fingerprint density at radius 2 is 2.00 bits per heavy atom. The number of hydrogen-bond acceptors (Lipinski definition) is 8. The van der Waals surface area contributed by atoms with E-state index in [0.717, 1.165) is 24.5 Å². The number of aryl methyl sites for hydroxylation is 2. The summed E-state index contributed by atoms with van der Waals surface area (Å²) in [6.45, 7) is 5.80. The minimum atomic E-state index is -0.803. The van der Waals surface area contributed by atoms with Crippen LogP contribution in [0.4, 0.5) is 5.69 Å². The number of nitro benzene ring substituents is 1. The molecule has 5 rings (SSSR count). The minimum absolute atomic E-state index is 0.0294. The van der Waals surface area contributed by atoms with Crippen LogP contribution >= 0.6 is 0 Å². The fourth-order valence-electron chi connectivity index (χ4n) is 4.83. The molecule has 0 bridgehead atoms. The molecule has 1 aliphatic rings. The fraction of sp³-hybridized carbons (Fsp3) is 0.321. The van der Waals surface area contributed by atoms with Crippen molar-refractivity contribution in [1.29, 1.82) is 0 Å². The summed E-state index contributed by atoms with van der Waals surface area (Å²) in [6, 6.07) is 8.94. The van der Waals surface area contributed by atoms with E-state index in [1.807, 2.05) is 13.0 Å². The summed E-state index contributed by atoms with van der Waals surface area (Å²) in [4.78, 5) is 60.2. The molecule has 0 aliphatic carbocycles. The van der Waals surface area contributed by atoms with E-state index in [9.17, 15) is 24.5 Å². The molecule has 0 unspecified atom stereocenters. The van der Waals surface area contributed by atoms with Gasteiger partial charge in [-0.3, -0.25) is 24.1 Å².